The Morgan fingerprint density at radius 2 is 1.57 bits per heavy atom. The maximum atomic E-state index is 13.7. The zero-order valence-corrected chi connectivity index (χ0v) is 25.2. The van der Waals surface area contributed by atoms with Gasteiger partial charge in [0.2, 0.25) is 0 Å². The van der Waals surface area contributed by atoms with Gasteiger partial charge in [-0.2, -0.15) is 0 Å². The van der Waals surface area contributed by atoms with Gasteiger partial charge >= 0.3 is 18.0 Å². The standard InChI is InChI=1S/C22H29N3O6.C11H20/c26-20(27)13-31-18-7-2-6-16(12-18)25(17-10-14-4-1-5-15(11-17)23-14)22(30)24-9-3-8-19(24)21(28)29;1-8-6-9(2)11-5-3-4-10(8)7-11/h2,6-7,12,14-15,17,19,23H,1,3-5,8-11,13H2,(H,26,27)(H,28,29);8-11H,3-7H2,1-2H3/t14-,15-,19+;/m0./s1. The van der Waals surface area contributed by atoms with Gasteiger partial charge < -0.3 is 25.2 Å². The molecule has 4 unspecified atom stereocenters. The van der Waals surface area contributed by atoms with E-state index in [-0.39, 0.29) is 12.1 Å². The summed E-state index contributed by atoms with van der Waals surface area (Å²) in [6.45, 7) is 4.87. The van der Waals surface area contributed by atoms with Crippen molar-refractivity contribution >= 4 is 23.7 Å². The molecule has 5 fully saturated rings. The van der Waals surface area contributed by atoms with Crippen LogP contribution in [0, 0.1) is 23.7 Å². The van der Waals surface area contributed by atoms with Crippen molar-refractivity contribution in [1.29, 1.82) is 0 Å². The van der Waals surface area contributed by atoms with Crippen molar-refractivity contribution in [1.82, 2.24) is 10.2 Å². The molecule has 2 aliphatic carbocycles. The number of anilines is 1. The van der Waals surface area contributed by atoms with E-state index >= 15 is 0 Å². The highest BCUT2D eigenvalue weighted by atomic mass is 16.5. The molecule has 1 aromatic carbocycles. The predicted octanol–water partition coefficient (Wildman–Crippen LogP) is 5.77. The monoisotopic (exact) mass is 583 g/mol. The van der Waals surface area contributed by atoms with Crippen molar-refractivity contribution < 1.29 is 29.3 Å². The molecule has 0 aromatic heterocycles. The second-order valence-electron chi connectivity index (χ2n) is 13.5. The first-order chi connectivity index (χ1) is 20.2. The number of benzene rings is 1. The molecule has 2 amide bonds. The van der Waals surface area contributed by atoms with Crippen molar-refractivity contribution in [3.05, 3.63) is 24.3 Å². The topological polar surface area (TPSA) is 119 Å². The Labute approximate surface area is 250 Å². The maximum absolute atomic E-state index is 13.7. The Morgan fingerprint density at radius 1 is 0.905 bits per heavy atom. The number of amides is 2. The molecule has 0 spiro atoms. The van der Waals surface area contributed by atoms with Crippen LogP contribution in [-0.2, 0) is 9.59 Å². The van der Waals surface area contributed by atoms with Crippen LogP contribution in [-0.4, -0.2) is 70.4 Å². The van der Waals surface area contributed by atoms with Crippen molar-refractivity contribution in [2.45, 2.75) is 115 Å². The summed E-state index contributed by atoms with van der Waals surface area (Å²) in [4.78, 5) is 39.5. The fraction of sp³-hybridized carbons (Fsp3) is 0.727. The number of aliphatic carboxylic acids is 2. The lowest BCUT2D eigenvalue weighted by Crippen LogP contribution is -2.59. The van der Waals surface area contributed by atoms with Crippen LogP contribution in [0.25, 0.3) is 0 Å². The lowest BCUT2D eigenvalue weighted by Gasteiger charge is -2.45. The molecule has 1 aromatic rings. The third kappa shape index (κ3) is 7.21. The molecule has 5 aliphatic rings. The number of carboxylic acid groups (broad SMARTS) is 2. The first-order valence-electron chi connectivity index (χ1n) is 16.2. The van der Waals surface area contributed by atoms with E-state index < -0.39 is 24.6 Å². The van der Waals surface area contributed by atoms with Crippen molar-refractivity contribution in [3.63, 3.8) is 0 Å². The average molecular weight is 584 g/mol. The van der Waals surface area contributed by atoms with Gasteiger partial charge in [0.1, 0.15) is 11.8 Å². The van der Waals surface area contributed by atoms with Crippen LogP contribution in [0.15, 0.2) is 24.3 Å². The van der Waals surface area contributed by atoms with Crippen LogP contribution in [0.4, 0.5) is 10.5 Å². The van der Waals surface area contributed by atoms with Crippen molar-refractivity contribution in [3.8, 4) is 5.75 Å². The Morgan fingerprint density at radius 3 is 2.21 bits per heavy atom. The minimum absolute atomic E-state index is 0.0613. The lowest BCUT2D eigenvalue weighted by molar-refractivity contribution is -0.141. The first-order valence-corrected chi connectivity index (χ1v) is 16.2. The van der Waals surface area contributed by atoms with Crippen LogP contribution < -0.4 is 15.0 Å². The minimum Gasteiger partial charge on any atom is -0.482 e. The molecule has 9 nitrogen and oxygen atoms in total. The summed E-state index contributed by atoms with van der Waals surface area (Å²) >= 11 is 0. The second kappa shape index (κ2) is 13.7. The fourth-order valence-electron chi connectivity index (χ4n) is 8.45. The summed E-state index contributed by atoms with van der Waals surface area (Å²) in [5.41, 5.74) is 0.605. The molecule has 7 atom stereocenters. The zero-order chi connectivity index (χ0) is 29.8. The molecule has 4 bridgehead atoms. The molecule has 3 heterocycles. The Bertz CT molecular complexity index is 1090. The minimum atomic E-state index is -1.08. The quantitative estimate of drug-likeness (QED) is 0.389. The van der Waals surface area contributed by atoms with Crippen LogP contribution in [0.5, 0.6) is 5.75 Å². The number of rotatable bonds is 6. The molecule has 2 saturated carbocycles. The molecule has 3 aliphatic heterocycles. The smallest absolute Gasteiger partial charge is 0.341 e. The van der Waals surface area contributed by atoms with Crippen LogP contribution >= 0.6 is 0 Å². The van der Waals surface area contributed by atoms with E-state index in [1.165, 1.54) is 37.0 Å². The van der Waals surface area contributed by atoms with Gasteiger partial charge in [-0.05, 0) is 87.2 Å². The Balaban J connectivity index is 0.000000267. The SMILES string of the molecule is CC1CC(C)C2CCCC1C2.O=C(O)COc1cccc(N(C(=O)N2CCC[C@@H]2C(=O)O)C2C[C@@H]3CCC[C@@H](C2)N3)c1. The highest BCUT2D eigenvalue weighted by molar-refractivity contribution is 5.95. The first kappa shape index (κ1) is 30.6. The van der Waals surface area contributed by atoms with Gasteiger partial charge in [-0.1, -0.05) is 45.6 Å². The number of nitrogens with zero attached hydrogens (tertiary/aromatic N) is 2. The number of likely N-dealkylation sites (tertiary alicyclic amines) is 1. The maximum Gasteiger partial charge on any atom is 0.341 e. The molecule has 6 rings (SSSR count). The molecule has 9 heteroatoms. The van der Waals surface area contributed by atoms with E-state index in [0.717, 1.165) is 49.4 Å². The largest absolute Gasteiger partial charge is 0.482 e. The fourth-order valence-corrected chi connectivity index (χ4v) is 8.45. The van der Waals surface area contributed by atoms with Gasteiger partial charge in [0, 0.05) is 36.4 Å². The molecular weight excluding hydrogens is 534 g/mol. The van der Waals surface area contributed by atoms with Gasteiger partial charge in [0.05, 0.1) is 0 Å². The van der Waals surface area contributed by atoms with Gasteiger partial charge in [-0.15, -0.1) is 0 Å². The number of carboxylic acids is 2. The lowest BCUT2D eigenvalue weighted by atomic mass is 9.63. The van der Waals surface area contributed by atoms with Gasteiger partial charge in [-0.3, -0.25) is 4.90 Å². The number of hydrogen-bond donors (Lipinski definition) is 3. The van der Waals surface area contributed by atoms with Gasteiger partial charge in [0.25, 0.3) is 0 Å². The molecule has 0 radical (unpaired) electrons. The number of ether oxygens (including phenoxy) is 1. The van der Waals surface area contributed by atoms with E-state index in [4.69, 9.17) is 9.84 Å². The van der Waals surface area contributed by atoms with Crippen LogP contribution in [0.3, 0.4) is 0 Å². The Kier molecular flexibility index (Phi) is 9.96. The molecule has 3 saturated heterocycles. The third-order valence-corrected chi connectivity index (χ3v) is 10.6. The Hall–Kier alpha value is -2.81. The summed E-state index contributed by atoms with van der Waals surface area (Å²) < 4.78 is 5.33. The molecule has 3 N–H and O–H groups in total. The third-order valence-electron chi connectivity index (χ3n) is 10.6. The number of carbonyl (C=O) groups is 3. The molecular formula is C33H49N3O6. The normalized spacial score (nSPS) is 33.6. The number of hydrogen-bond acceptors (Lipinski definition) is 5. The average Bonchev–Trinajstić information content (AvgIpc) is 3.47. The van der Waals surface area contributed by atoms with E-state index in [2.05, 4.69) is 19.2 Å². The van der Waals surface area contributed by atoms with Crippen LogP contribution in [0.2, 0.25) is 0 Å². The summed E-state index contributed by atoms with van der Waals surface area (Å²) in [7, 11) is 0. The number of piperidine rings is 2. The number of fused-ring (bicyclic) bond motifs is 4. The van der Waals surface area contributed by atoms with E-state index in [9.17, 15) is 19.5 Å². The van der Waals surface area contributed by atoms with Gasteiger partial charge in [-0.25, -0.2) is 14.4 Å². The molecule has 232 valence electrons. The number of urea groups is 1. The highest BCUT2D eigenvalue weighted by Crippen LogP contribution is 2.45. The number of carbonyl (C=O) groups excluding carboxylic acids is 1. The summed E-state index contributed by atoms with van der Waals surface area (Å²) in [6, 6.07) is 6.36. The van der Waals surface area contributed by atoms with Crippen molar-refractivity contribution in [2.24, 2.45) is 23.7 Å². The second-order valence-corrected chi connectivity index (χ2v) is 13.5. The van der Waals surface area contributed by atoms with Crippen molar-refractivity contribution in [2.75, 3.05) is 18.1 Å². The number of nitrogens with one attached hydrogen (secondary N) is 1. The zero-order valence-electron chi connectivity index (χ0n) is 25.2. The summed E-state index contributed by atoms with van der Waals surface area (Å²) in [5, 5.41) is 22.1. The highest BCUT2D eigenvalue weighted by Gasteiger charge is 2.42. The van der Waals surface area contributed by atoms with E-state index in [1.807, 2.05) is 0 Å². The van der Waals surface area contributed by atoms with Crippen LogP contribution in [0.1, 0.15) is 90.9 Å². The van der Waals surface area contributed by atoms with Gasteiger partial charge in [0.15, 0.2) is 6.61 Å². The summed E-state index contributed by atoms with van der Waals surface area (Å²) in [6.07, 6.45) is 13.7. The molecule has 42 heavy (non-hydrogen) atoms. The van der Waals surface area contributed by atoms with E-state index in [1.54, 1.807) is 35.6 Å². The predicted molar refractivity (Wildman–Crippen MR) is 161 cm³/mol. The van der Waals surface area contributed by atoms with E-state index in [0.29, 0.717) is 42.9 Å². The summed E-state index contributed by atoms with van der Waals surface area (Å²) in [5.74, 6) is 2.57.